The van der Waals surface area contributed by atoms with Gasteiger partial charge in [0.2, 0.25) is 0 Å². The molecule has 29 heavy (non-hydrogen) atoms. The quantitative estimate of drug-likeness (QED) is 0.378. The van der Waals surface area contributed by atoms with Crippen LogP contribution >= 0.6 is 0 Å². The van der Waals surface area contributed by atoms with Gasteiger partial charge in [-0.25, -0.2) is 0 Å². The molecule has 7 heteroatoms. The number of ether oxygens (including phenoxy) is 1. The normalized spacial score (nSPS) is 14.8. The number of rotatable bonds is 7. The molecule has 0 aromatic heterocycles. The fourth-order valence-corrected chi connectivity index (χ4v) is 3.44. The molecule has 3 rings (SSSR count). The lowest BCUT2D eigenvalue weighted by molar-refractivity contribution is 0.211. The molecule has 0 bridgehead atoms. The molecule has 1 heterocycles. The number of hydrogen-bond acceptors (Lipinski definition) is 5. The molecule has 0 aliphatic carbocycles. The summed E-state index contributed by atoms with van der Waals surface area (Å²) in [5, 5.41) is 16.9. The fraction of sp³-hybridized carbons (Fsp3) is 0.409. The Hall–Kier alpha value is -2.93. The molecule has 3 N–H and O–H groups in total. The minimum atomic E-state index is 0.337. The Balaban J connectivity index is 1.48. The first-order valence-corrected chi connectivity index (χ1v) is 10.0. The smallest absolute Gasteiger partial charge is 0.194 e. The van der Waals surface area contributed by atoms with Crippen molar-refractivity contribution in [3.63, 3.8) is 0 Å². The number of para-hydroxylation sites is 2. The molecule has 2 aromatic rings. The molecule has 0 atom stereocenters. The van der Waals surface area contributed by atoms with Crippen LogP contribution in [0.1, 0.15) is 5.56 Å². The molecule has 1 aliphatic rings. The van der Waals surface area contributed by atoms with E-state index in [9.17, 15) is 5.11 Å². The number of benzene rings is 2. The van der Waals surface area contributed by atoms with E-state index in [2.05, 4.69) is 49.7 Å². The molecule has 0 spiro atoms. The van der Waals surface area contributed by atoms with Crippen LogP contribution in [-0.2, 0) is 11.3 Å². The summed E-state index contributed by atoms with van der Waals surface area (Å²) in [7, 11) is 3.52. The highest BCUT2D eigenvalue weighted by Gasteiger charge is 2.21. The summed E-state index contributed by atoms with van der Waals surface area (Å²) < 4.78 is 5.05. The number of nitrogens with zero attached hydrogens (tertiary/aromatic N) is 3. The van der Waals surface area contributed by atoms with Gasteiger partial charge in [-0.15, -0.1) is 0 Å². The number of aromatic hydroxyl groups is 1. The SMILES string of the molecule is CN=C(NCc1ccc(NCCOC)cc1)N1CCN(c2ccccc2O)CC1. The molecule has 2 aromatic carbocycles. The fourth-order valence-electron chi connectivity index (χ4n) is 3.44. The van der Waals surface area contributed by atoms with E-state index in [-0.39, 0.29) is 0 Å². The number of aliphatic imine (C=N–C) groups is 1. The summed E-state index contributed by atoms with van der Waals surface area (Å²) >= 11 is 0. The standard InChI is InChI=1S/C22H31N5O2/c1-23-22(25-17-18-7-9-19(10-8-18)24-11-16-29-2)27-14-12-26(13-15-27)20-5-3-4-6-21(20)28/h3-10,24,28H,11-17H2,1-2H3,(H,23,25). The summed E-state index contributed by atoms with van der Waals surface area (Å²) in [5.41, 5.74) is 3.20. The Bertz CT molecular complexity index is 786. The van der Waals surface area contributed by atoms with Crippen LogP contribution in [0.4, 0.5) is 11.4 Å². The third kappa shape index (κ3) is 5.77. The van der Waals surface area contributed by atoms with Crippen LogP contribution in [-0.4, -0.2) is 69.5 Å². The van der Waals surface area contributed by atoms with E-state index in [0.29, 0.717) is 12.4 Å². The Morgan fingerprint density at radius 3 is 2.45 bits per heavy atom. The minimum absolute atomic E-state index is 0.337. The van der Waals surface area contributed by atoms with Crippen LogP contribution in [0.5, 0.6) is 5.75 Å². The van der Waals surface area contributed by atoms with Gasteiger partial charge in [-0.3, -0.25) is 4.99 Å². The highest BCUT2D eigenvalue weighted by molar-refractivity contribution is 5.80. The van der Waals surface area contributed by atoms with Gasteiger partial charge in [0, 0.05) is 59.1 Å². The van der Waals surface area contributed by atoms with Crippen LogP contribution < -0.4 is 15.5 Å². The number of hydrogen-bond donors (Lipinski definition) is 3. The highest BCUT2D eigenvalue weighted by Crippen LogP contribution is 2.27. The van der Waals surface area contributed by atoms with Crippen LogP contribution in [0.3, 0.4) is 0 Å². The van der Waals surface area contributed by atoms with E-state index < -0.39 is 0 Å². The summed E-state index contributed by atoms with van der Waals surface area (Å²) in [6.45, 7) is 5.63. The van der Waals surface area contributed by atoms with Crippen molar-refractivity contribution in [3.8, 4) is 5.75 Å². The highest BCUT2D eigenvalue weighted by atomic mass is 16.5. The zero-order valence-corrected chi connectivity index (χ0v) is 17.3. The number of anilines is 2. The van der Waals surface area contributed by atoms with Crippen molar-refractivity contribution in [3.05, 3.63) is 54.1 Å². The lowest BCUT2D eigenvalue weighted by Crippen LogP contribution is -2.52. The Morgan fingerprint density at radius 2 is 1.79 bits per heavy atom. The lowest BCUT2D eigenvalue weighted by atomic mass is 10.2. The van der Waals surface area contributed by atoms with E-state index >= 15 is 0 Å². The summed E-state index contributed by atoms with van der Waals surface area (Å²) in [4.78, 5) is 8.92. The van der Waals surface area contributed by atoms with Gasteiger partial charge in [0.1, 0.15) is 5.75 Å². The van der Waals surface area contributed by atoms with Crippen molar-refractivity contribution in [2.24, 2.45) is 4.99 Å². The zero-order valence-electron chi connectivity index (χ0n) is 17.3. The Labute approximate surface area is 173 Å². The van der Waals surface area contributed by atoms with Crippen LogP contribution in [0.2, 0.25) is 0 Å². The van der Waals surface area contributed by atoms with Crippen molar-refractivity contribution in [1.82, 2.24) is 10.2 Å². The second-order valence-corrected chi connectivity index (χ2v) is 6.98. The van der Waals surface area contributed by atoms with Crippen LogP contribution in [0.15, 0.2) is 53.5 Å². The Kier molecular flexibility index (Phi) is 7.58. The lowest BCUT2D eigenvalue weighted by Gasteiger charge is -2.37. The molecular formula is C22H31N5O2. The van der Waals surface area contributed by atoms with Crippen molar-refractivity contribution in [2.75, 3.05) is 63.7 Å². The molecule has 0 unspecified atom stereocenters. The predicted molar refractivity (Wildman–Crippen MR) is 119 cm³/mol. The molecule has 0 amide bonds. The maximum atomic E-state index is 10.1. The van der Waals surface area contributed by atoms with E-state index in [1.165, 1.54) is 5.56 Å². The minimum Gasteiger partial charge on any atom is -0.506 e. The van der Waals surface area contributed by atoms with Crippen molar-refractivity contribution >= 4 is 17.3 Å². The molecule has 1 fully saturated rings. The van der Waals surface area contributed by atoms with Gasteiger partial charge in [-0.05, 0) is 29.8 Å². The van der Waals surface area contributed by atoms with Gasteiger partial charge < -0.3 is 30.3 Å². The van der Waals surface area contributed by atoms with Crippen LogP contribution in [0, 0.1) is 0 Å². The largest absolute Gasteiger partial charge is 0.506 e. The summed E-state index contributed by atoms with van der Waals surface area (Å²) in [6, 6.07) is 15.9. The van der Waals surface area contributed by atoms with Gasteiger partial charge in [0.05, 0.1) is 12.3 Å². The van der Waals surface area contributed by atoms with Gasteiger partial charge in [0.25, 0.3) is 0 Å². The number of nitrogens with one attached hydrogen (secondary N) is 2. The maximum absolute atomic E-state index is 10.1. The van der Waals surface area contributed by atoms with Gasteiger partial charge in [0.15, 0.2) is 5.96 Å². The first kappa shape index (κ1) is 20.8. The predicted octanol–water partition coefficient (Wildman–Crippen LogP) is 2.35. The summed E-state index contributed by atoms with van der Waals surface area (Å²) in [6.07, 6.45) is 0. The van der Waals surface area contributed by atoms with Crippen molar-refractivity contribution in [2.45, 2.75) is 6.54 Å². The third-order valence-corrected chi connectivity index (χ3v) is 5.05. The number of methoxy groups -OCH3 is 1. The zero-order chi connectivity index (χ0) is 20.5. The monoisotopic (exact) mass is 397 g/mol. The van der Waals surface area contributed by atoms with Crippen molar-refractivity contribution < 1.29 is 9.84 Å². The molecule has 0 saturated carbocycles. The van der Waals surface area contributed by atoms with Gasteiger partial charge >= 0.3 is 0 Å². The van der Waals surface area contributed by atoms with Crippen molar-refractivity contribution in [1.29, 1.82) is 0 Å². The number of phenols is 1. The first-order chi connectivity index (χ1) is 14.2. The topological polar surface area (TPSA) is 72.4 Å². The van der Waals surface area contributed by atoms with E-state index in [1.54, 1.807) is 13.2 Å². The Morgan fingerprint density at radius 1 is 1.07 bits per heavy atom. The molecule has 1 aliphatic heterocycles. The average molecular weight is 398 g/mol. The second kappa shape index (κ2) is 10.6. The second-order valence-electron chi connectivity index (χ2n) is 6.98. The average Bonchev–Trinajstić information content (AvgIpc) is 2.76. The van der Waals surface area contributed by atoms with E-state index in [1.807, 2.05) is 25.2 Å². The molecule has 7 nitrogen and oxygen atoms in total. The van der Waals surface area contributed by atoms with Gasteiger partial charge in [-0.1, -0.05) is 24.3 Å². The molecule has 1 saturated heterocycles. The number of piperazine rings is 1. The first-order valence-electron chi connectivity index (χ1n) is 10.0. The maximum Gasteiger partial charge on any atom is 0.194 e. The molecule has 0 radical (unpaired) electrons. The van der Waals surface area contributed by atoms with Gasteiger partial charge in [-0.2, -0.15) is 0 Å². The summed E-state index contributed by atoms with van der Waals surface area (Å²) in [5.74, 6) is 1.24. The van der Waals surface area contributed by atoms with E-state index in [0.717, 1.165) is 56.6 Å². The number of phenolic OH excluding ortho intramolecular Hbond substituents is 1. The van der Waals surface area contributed by atoms with E-state index in [4.69, 9.17) is 4.74 Å². The number of guanidine groups is 1. The third-order valence-electron chi connectivity index (χ3n) is 5.05. The molecule has 156 valence electrons. The molecular weight excluding hydrogens is 366 g/mol. The van der Waals surface area contributed by atoms with Crippen LogP contribution in [0.25, 0.3) is 0 Å².